The molecule has 0 radical (unpaired) electrons. The quantitative estimate of drug-likeness (QED) is 0.420. The molecule has 1 aliphatic carbocycles. The second kappa shape index (κ2) is 8.46. The van der Waals surface area contributed by atoms with Gasteiger partial charge in [-0.05, 0) is 31.2 Å². The number of esters is 1. The zero-order chi connectivity index (χ0) is 19.5. The number of amides is 1. The van der Waals surface area contributed by atoms with Gasteiger partial charge in [0, 0.05) is 21.9 Å². The van der Waals surface area contributed by atoms with Crippen molar-refractivity contribution in [3.05, 3.63) is 34.8 Å². The van der Waals surface area contributed by atoms with Crippen LogP contribution in [0.15, 0.2) is 34.4 Å². The van der Waals surface area contributed by atoms with Crippen molar-refractivity contribution >= 4 is 51.3 Å². The van der Waals surface area contributed by atoms with E-state index in [0.29, 0.717) is 16.6 Å². The minimum absolute atomic E-state index is 0.194. The summed E-state index contributed by atoms with van der Waals surface area (Å²) in [5.74, 6) is -0.427. The first-order valence-corrected chi connectivity index (χ1v) is 11.6. The number of thiophene rings is 2. The van der Waals surface area contributed by atoms with Gasteiger partial charge in [0.05, 0.1) is 12.4 Å². The molecular formula is C18H18N4O3S3. The lowest BCUT2D eigenvalue weighted by atomic mass is 10.1. The van der Waals surface area contributed by atoms with Crippen LogP contribution in [0.5, 0.6) is 0 Å². The number of rotatable bonds is 8. The zero-order valence-corrected chi connectivity index (χ0v) is 17.5. The maximum absolute atomic E-state index is 12.5. The number of nitrogens with zero attached hydrogens (tertiary/aromatic N) is 3. The molecule has 7 nitrogen and oxygen atoms in total. The summed E-state index contributed by atoms with van der Waals surface area (Å²) in [5, 5.41) is 16.0. The minimum atomic E-state index is -0.427. The number of hydrogen-bond acceptors (Lipinski definition) is 8. The Labute approximate surface area is 174 Å². The largest absolute Gasteiger partial charge is 0.462 e. The number of hydrogen-bond donors (Lipinski definition) is 1. The Morgan fingerprint density at radius 3 is 2.96 bits per heavy atom. The van der Waals surface area contributed by atoms with Crippen molar-refractivity contribution in [1.29, 1.82) is 0 Å². The number of anilines is 1. The highest BCUT2D eigenvalue weighted by Crippen LogP contribution is 2.39. The van der Waals surface area contributed by atoms with E-state index in [1.165, 1.54) is 23.1 Å². The molecule has 1 aliphatic rings. The van der Waals surface area contributed by atoms with Crippen LogP contribution in [0.2, 0.25) is 0 Å². The molecule has 146 valence electrons. The van der Waals surface area contributed by atoms with Gasteiger partial charge in [0.2, 0.25) is 5.91 Å². The molecule has 0 atom stereocenters. The van der Waals surface area contributed by atoms with Gasteiger partial charge in [-0.3, -0.25) is 4.79 Å². The molecule has 3 heterocycles. The first kappa shape index (κ1) is 19.2. The molecule has 0 saturated heterocycles. The molecule has 3 aromatic heterocycles. The molecule has 0 spiro atoms. The van der Waals surface area contributed by atoms with Crippen molar-refractivity contribution < 1.29 is 14.3 Å². The Hall–Kier alpha value is -2.17. The maximum atomic E-state index is 12.5. The van der Waals surface area contributed by atoms with Crippen LogP contribution in [-0.4, -0.2) is 39.0 Å². The number of nitrogens with one attached hydrogen (secondary N) is 1. The molecule has 10 heteroatoms. The van der Waals surface area contributed by atoms with Crippen LogP contribution in [0.4, 0.5) is 5.00 Å². The van der Waals surface area contributed by atoms with Crippen molar-refractivity contribution in [3.63, 3.8) is 0 Å². The van der Waals surface area contributed by atoms with E-state index in [4.69, 9.17) is 4.74 Å². The summed E-state index contributed by atoms with van der Waals surface area (Å²) in [6, 6.07) is 4.33. The Kier molecular flexibility index (Phi) is 5.79. The molecule has 0 bridgehead atoms. The Bertz CT molecular complexity index is 976. The first-order chi connectivity index (χ1) is 13.7. The third-order valence-electron chi connectivity index (χ3n) is 4.12. The van der Waals surface area contributed by atoms with Gasteiger partial charge < -0.3 is 14.6 Å². The van der Waals surface area contributed by atoms with Crippen molar-refractivity contribution in [3.8, 4) is 10.4 Å². The fourth-order valence-electron chi connectivity index (χ4n) is 2.70. The smallest absolute Gasteiger partial charge is 0.341 e. The van der Waals surface area contributed by atoms with Crippen molar-refractivity contribution in [1.82, 2.24) is 14.8 Å². The van der Waals surface area contributed by atoms with E-state index < -0.39 is 5.97 Å². The summed E-state index contributed by atoms with van der Waals surface area (Å²) in [7, 11) is 0. The average Bonchev–Trinajstić information content (AvgIpc) is 3.10. The van der Waals surface area contributed by atoms with Gasteiger partial charge in [-0.1, -0.05) is 17.8 Å². The number of ether oxygens (including phenoxy) is 1. The predicted octanol–water partition coefficient (Wildman–Crippen LogP) is 4.31. The van der Waals surface area contributed by atoms with E-state index in [1.54, 1.807) is 24.6 Å². The highest BCUT2D eigenvalue weighted by molar-refractivity contribution is 7.99. The van der Waals surface area contributed by atoms with Crippen LogP contribution >= 0.6 is 34.4 Å². The third kappa shape index (κ3) is 4.13. The second-order valence-electron chi connectivity index (χ2n) is 6.14. The van der Waals surface area contributed by atoms with Crippen molar-refractivity contribution in [2.75, 3.05) is 17.7 Å². The highest BCUT2D eigenvalue weighted by atomic mass is 32.2. The lowest BCUT2D eigenvalue weighted by molar-refractivity contribution is -0.113. The van der Waals surface area contributed by atoms with Crippen LogP contribution in [0, 0.1) is 0 Å². The SMILES string of the molecule is CCOC(=O)c1c(-c2cccs2)csc1NC(=O)CSc1nncn1C1CC1. The number of carbonyl (C=O) groups is 2. The van der Waals surface area contributed by atoms with Crippen LogP contribution in [0.1, 0.15) is 36.2 Å². The molecular weight excluding hydrogens is 416 g/mol. The van der Waals surface area contributed by atoms with Crippen LogP contribution in [0.25, 0.3) is 10.4 Å². The lowest BCUT2D eigenvalue weighted by Gasteiger charge is -2.08. The van der Waals surface area contributed by atoms with Gasteiger partial charge in [-0.25, -0.2) is 4.79 Å². The minimum Gasteiger partial charge on any atom is -0.462 e. The molecule has 0 aliphatic heterocycles. The Morgan fingerprint density at radius 2 is 2.25 bits per heavy atom. The second-order valence-corrected chi connectivity index (χ2v) is 8.91. The molecule has 1 saturated carbocycles. The van der Waals surface area contributed by atoms with Gasteiger partial charge in [0.1, 0.15) is 16.9 Å². The standard InChI is InChI=1S/C18H18N4O3S3/c1-2-25-17(24)15-12(13-4-3-7-26-13)8-27-16(15)20-14(23)9-28-18-21-19-10-22(18)11-5-6-11/h3-4,7-8,10-11H,2,5-6,9H2,1H3,(H,20,23). The van der Waals surface area contributed by atoms with Gasteiger partial charge in [0.15, 0.2) is 5.16 Å². The summed E-state index contributed by atoms with van der Waals surface area (Å²) in [6.07, 6.45) is 3.96. The van der Waals surface area contributed by atoms with E-state index in [9.17, 15) is 9.59 Å². The Morgan fingerprint density at radius 1 is 1.39 bits per heavy atom. The number of carbonyl (C=O) groups excluding carboxylic acids is 2. The van der Waals surface area contributed by atoms with Crippen molar-refractivity contribution in [2.24, 2.45) is 0 Å². The molecule has 0 aromatic carbocycles. The molecule has 4 rings (SSSR count). The topological polar surface area (TPSA) is 86.1 Å². The number of aromatic nitrogens is 3. The summed E-state index contributed by atoms with van der Waals surface area (Å²) in [5.41, 5.74) is 1.20. The molecule has 0 unspecified atom stereocenters. The fraction of sp³-hybridized carbons (Fsp3) is 0.333. The number of thioether (sulfide) groups is 1. The van der Waals surface area contributed by atoms with Crippen molar-refractivity contribution in [2.45, 2.75) is 31.0 Å². The highest BCUT2D eigenvalue weighted by Gasteiger charge is 2.27. The Balaban J connectivity index is 1.48. The zero-order valence-electron chi connectivity index (χ0n) is 15.1. The summed E-state index contributed by atoms with van der Waals surface area (Å²) >= 11 is 4.22. The van der Waals surface area contributed by atoms with Gasteiger partial charge >= 0.3 is 5.97 Å². The molecule has 28 heavy (non-hydrogen) atoms. The molecule has 1 amide bonds. The van der Waals surface area contributed by atoms with E-state index in [0.717, 1.165) is 28.4 Å². The lowest BCUT2D eigenvalue weighted by Crippen LogP contribution is -2.16. The van der Waals surface area contributed by atoms with Gasteiger partial charge in [-0.15, -0.1) is 32.9 Å². The first-order valence-electron chi connectivity index (χ1n) is 8.82. The van der Waals surface area contributed by atoms with Gasteiger partial charge in [-0.2, -0.15) is 0 Å². The maximum Gasteiger partial charge on any atom is 0.341 e. The molecule has 3 aromatic rings. The fourth-order valence-corrected chi connectivity index (χ4v) is 5.27. The summed E-state index contributed by atoms with van der Waals surface area (Å²) < 4.78 is 7.23. The monoisotopic (exact) mass is 434 g/mol. The van der Waals surface area contributed by atoms with Crippen LogP contribution in [0.3, 0.4) is 0 Å². The molecule has 1 fully saturated rings. The normalized spacial score (nSPS) is 13.5. The van der Waals surface area contributed by atoms with Crippen LogP contribution in [-0.2, 0) is 9.53 Å². The predicted molar refractivity (Wildman–Crippen MR) is 111 cm³/mol. The van der Waals surface area contributed by atoms with E-state index in [2.05, 4.69) is 15.5 Å². The third-order valence-corrected chi connectivity index (χ3v) is 6.88. The summed E-state index contributed by atoms with van der Waals surface area (Å²) in [4.78, 5) is 26.0. The molecule has 1 N–H and O–H groups in total. The van der Waals surface area contributed by atoms with Gasteiger partial charge in [0.25, 0.3) is 0 Å². The van der Waals surface area contributed by atoms with E-state index in [-0.39, 0.29) is 18.3 Å². The average molecular weight is 435 g/mol. The van der Waals surface area contributed by atoms with E-state index >= 15 is 0 Å². The van der Waals surface area contributed by atoms with E-state index in [1.807, 2.05) is 27.5 Å². The van der Waals surface area contributed by atoms with Crippen LogP contribution < -0.4 is 5.32 Å². The summed E-state index contributed by atoms with van der Waals surface area (Å²) in [6.45, 7) is 2.04.